The zero-order valence-electron chi connectivity index (χ0n) is 16.7. The van der Waals surface area contributed by atoms with Gasteiger partial charge in [-0.15, -0.1) is 0 Å². The summed E-state index contributed by atoms with van der Waals surface area (Å²) in [5.74, 6) is 0.506. The number of nitrogens with one attached hydrogen (secondary N) is 2. The second-order valence-electron chi connectivity index (χ2n) is 7.69. The number of carbonyl (C=O) groups excluding carboxylic acids is 1. The maximum atomic E-state index is 12.4. The summed E-state index contributed by atoms with van der Waals surface area (Å²) >= 11 is 0. The van der Waals surface area contributed by atoms with Gasteiger partial charge in [-0.25, -0.2) is 13.1 Å². The molecule has 1 saturated carbocycles. The molecule has 8 heteroatoms. The highest BCUT2D eigenvalue weighted by Gasteiger charge is 2.27. The first-order valence-corrected chi connectivity index (χ1v) is 11.7. The molecule has 7 nitrogen and oxygen atoms in total. The summed E-state index contributed by atoms with van der Waals surface area (Å²) in [5.41, 5.74) is 1.36. The van der Waals surface area contributed by atoms with E-state index in [0.717, 1.165) is 37.9 Å². The molecule has 2 aromatic carbocycles. The van der Waals surface area contributed by atoms with Crippen LogP contribution < -0.4 is 14.8 Å². The van der Waals surface area contributed by atoms with Crippen molar-refractivity contribution in [2.75, 3.05) is 13.2 Å². The van der Waals surface area contributed by atoms with Crippen molar-refractivity contribution in [1.82, 2.24) is 10.0 Å². The number of sulfonamides is 1. The third kappa shape index (κ3) is 5.59. The third-order valence-corrected chi connectivity index (χ3v) is 6.70. The highest BCUT2D eigenvalue weighted by molar-refractivity contribution is 7.89. The zero-order chi connectivity index (χ0) is 21.0. The van der Waals surface area contributed by atoms with E-state index in [1.807, 2.05) is 0 Å². The van der Waals surface area contributed by atoms with Gasteiger partial charge in [-0.3, -0.25) is 4.79 Å². The zero-order valence-corrected chi connectivity index (χ0v) is 17.5. The van der Waals surface area contributed by atoms with E-state index in [-0.39, 0.29) is 22.9 Å². The molecule has 1 aliphatic heterocycles. The summed E-state index contributed by atoms with van der Waals surface area (Å²) in [7, 11) is -3.46. The maximum absolute atomic E-state index is 12.4. The van der Waals surface area contributed by atoms with Gasteiger partial charge in [0.05, 0.1) is 11.0 Å². The van der Waals surface area contributed by atoms with Crippen molar-refractivity contribution >= 4 is 15.9 Å². The van der Waals surface area contributed by atoms with Crippen LogP contribution in [0.2, 0.25) is 0 Å². The smallest absolute Gasteiger partial charge is 0.251 e. The fourth-order valence-electron chi connectivity index (χ4n) is 3.23. The first kappa shape index (κ1) is 20.8. The first-order valence-electron chi connectivity index (χ1n) is 10.2. The van der Waals surface area contributed by atoms with Gasteiger partial charge in [0.25, 0.3) is 5.91 Å². The van der Waals surface area contributed by atoms with Gasteiger partial charge in [0, 0.05) is 24.8 Å². The summed E-state index contributed by atoms with van der Waals surface area (Å²) in [5, 5.41) is 2.85. The Morgan fingerprint density at radius 2 is 1.77 bits per heavy atom. The lowest BCUT2D eigenvalue weighted by Gasteiger charge is -2.12. The van der Waals surface area contributed by atoms with Crippen LogP contribution in [0.5, 0.6) is 5.75 Å². The Morgan fingerprint density at radius 3 is 2.40 bits per heavy atom. The first-order chi connectivity index (χ1) is 14.5. The predicted octanol–water partition coefficient (Wildman–Crippen LogP) is 2.62. The van der Waals surface area contributed by atoms with Crippen molar-refractivity contribution in [3.05, 3.63) is 59.7 Å². The number of carbonyl (C=O) groups is 1. The quantitative estimate of drug-likeness (QED) is 0.638. The average molecular weight is 431 g/mol. The maximum Gasteiger partial charge on any atom is 0.251 e. The van der Waals surface area contributed by atoms with Crippen LogP contribution in [0.1, 0.15) is 41.6 Å². The normalized spacial score (nSPS) is 18.9. The van der Waals surface area contributed by atoms with E-state index in [1.54, 1.807) is 48.5 Å². The summed E-state index contributed by atoms with van der Waals surface area (Å²) in [6.07, 6.45) is 4.03. The minimum absolute atomic E-state index is 0.0711. The standard InChI is InChI=1S/C22H26N2O5S/c25-22(17-5-9-19(10-6-17)29-15-20-2-1-13-28-20)23-14-16-3-11-21(12-4-16)30(26,27)24-18-7-8-18/h3-6,9-12,18,20,24H,1-2,7-8,13-15H2,(H,23,25). The molecule has 2 aliphatic rings. The van der Waals surface area contributed by atoms with Gasteiger partial charge >= 0.3 is 0 Å². The van der Waals surface area contributed by atoms with Crippen LogP contribution in [-0.2, 0) is 21.3 Å². The van der Waals surface area contributed by atoms with Crippen molar-refractivity contribution in [1.29, 1.82) is 0 Å². The Morgan fingerprint density at radius 1 is 1.03 bits per heavy atom. The van der Waals surface area contributed by atoms with Crippen LogP contribution in [0, 0.1) is 0 Å². The van der Waals surface area contributed by atoms with E-state index in [0.29, 0.717) is 24.5 Å². The highest BCUT2D eigenvalue weighted by atomic mass is 32.2. The second-order valence-corrected chi connectivity index (χ2v) is 9.41. The number of ether oxygens (including phenoxy) is 2. The van der Waals surface area contributed by atoms with Crippen LogP contribution in [-0.4, -0.2) is 39.7 Å². The Hall–Kier alpha value is -2.42. The van der Waals surface area contributed by atoms with Crippen molar-refractivity contribution < 1.29 is 22.7 Å². The van der Waals surface area contributed by atoms with Crippen LogP contribution in [0.25, 0.3) is 0 Å². The minimum atomic E-state index is -3.46. The molecule has 1 heterocycles. The molecule has 2 aromatic rings. The molecule has 1 unspecified atom stereocenters. The number of hydrogen-bond acceptors (Lipinski definition) is 5. The van der Waals surface area contributed by atoms with Gasteiger partial charge in [0.1, 0.15) is 12.4 Å². The van der Waals surface area contributed by atoms with Crippen molar-refractivity contribution in [2.24, 2.45) is 0 Å². The van der Waals surface area contributed by atoms with E-state index in [9.17, 15) is 13.2 Å². The van der Waals surface area contributed by atoms with Gasteiger partial charge in [0.2, 0.25) is 10.0 Å². The molecule has 0 radical (unpaired) electrons. The minimum Gasteiger partial charge on any atom is -0.491 e. The molecule has 160 valence electrons. The van der Waals surface area contributed by atoms with E-state index < -0.39 is 10.0 Å². The molecule has 2 fully saturated rings. The van der Waals surface area contributed by atoms with Gasteiger partial charge in [-0.1, -0.05) is 12.1 Å². The molecule has 1 aliphatic carbocycles. The predicted molar refractivity (Wildman–Crippen MR) is 112 cm³/mol. The third-order valence-electron chi connectivity index (χ3n) is 5.16. The largest absolute Gasteiger partial charge is 0.491 e. The molecule has 0 aromatic heterocycles. The van der Waals surface area contributed by atoms with Crippen LogP contribution in [0.4, 0.5) is 0 Å². The molecule has 4 rings (SSSR count). The van der Waals surface area contributed by atoms with Gasteiger partial charge in [-0.2, -0.15) is 0 Å². The topological polar surface area (TPSA) is 93.7 Å². The SMILES string of the molecule is O=C(NCc1ccc(S(=O)(=O)NC2CC2)cc1)c1ccc(OCC2CCCO2)cc1. The van der Waals surface area contributed by atoms with E-state index in [4.69, 9.17) is 9.47 Å². The van der Waals surface area contributed by atoms with Crippen LogP contribution in [0.3, 0.4) is 0 Å². The number of benzene rings is 2. The molecule has 1 atom stereocenters. The van der Waals surface area contributed by atoms with Crippen LogP contribution in [0.15, 0.2) is 53.4 Å². The van der Waals surface area contributed by atoms with Crippen molar-refractivity contribution in [3.8, 4) is 5.75 Å². The molecular weight excluding hydrogens is 404 g/mol. The number of rotatable bonds is 9. The summed E-state index contributed by atoms with van der Waals surface area (Å²) in [6, 6.07) is 13.6. The Balaban J connectivity index is 1.26. The monoisotopic (exact) mass is 430 g/mol. The molecule has 0 bridgehead atoms. The van der Waals surface area contributed by atoms with Gasteiger partial charge in [0.15, 0.2) is 0 Å². The van der Waals surface area contributed by atoms with Crippen LogP contribution >= 0.6 is 0 Å². The van der Waals surface area contributed by atoms with Gasteiger partial charge < -0.3 is 14.8 Å². The summed E-state index contributed by atoms with van der Waals surface area (Å²) in [4.78, 5) is 12.6. The molecule has 30 heavy (non-hydrogen) atoms. The molecule has 2 N–H and O–H groups in total. The summed E-state index contributed by atoms with van der Waals surface area (Å²) < 4.78 is 38.3. The number of amides is 1. The second kappa shape index (κ2) is 9.16. The van der Waals surface area contributed by atoms with Gasteiger partial charge in [-0.05, 0) is 67.6 Å². The highest BCUT2D eigenvalue weighted by Crippen LogP contribution is 2.22. The lowest BCUT2D eigenvalue weighted by molar-refractivity contribution is 0.0679. The van der Waals surface area contributed by atoms with E-state index >= 15 is 0 Å². The molecule has 0 spiro atoms. The Labute approximate surface area is 176 Å². The van der Waals surface area contributed by atoms with Crippen molar-refractivity contribution in [2.45, 2.75) is 49.3 Å². The lowest BCUT2D eigenvalue weighted by Crippen LogP contribution is -2.26. The fraction of sp³-hybridized carbons (Fsp3) is 0.409. The van der Waals surface area contributed by atoms with Crippen molar-refractivity contribution in [3.63, 3.8) is 0 Å². The van der Waals surface area contributed by atoms with E-state index in [1.165, 1.54) is 0 Å². The average Bonchev–Trinajstić information content (AvgIpc) is 3.40. The lowest BCUT2D eigenvalue weighted by atomic mass is 10.2. The Kier molecular flexibility index (Phi) is 6.36. The molecular formula is C22H26N2O5S. The molecule has 1 amide bonds. The molecule has 1 saturated heterocycles. The summed E-state index contributed by atoms with van der Waals surface area (Å²) in [6.45, 7) is 1.63. The van der Waals surface area contributed by atoms with E-state index in [2.05, 4.69) is 10.0 Å². The fourth-order valence-corrected chi connectivity index (χ4v) is 4.53. The Bertz CT molecular complexity index is 964. The number of hydrogen-bond donors (Lipinski definition) is 2.